The molecule has 1 amide bonds. The molecule has 0 saturated carbocycles. The Kier molecular flexibility index (Phi) is 6.95. The summed E-state index contributed by atoms with van der Waals surface area (Å²) in [6, 6.07) is 10.4. The molecule has 0 radical (unpaired) electrons. The smallest absolute Gasteiger partial charge is 0.258 e. The summed E-state index contributed by atoms with van der Waals surface area (Å²) in [6.07, 6.45) is 3.56. The number of rotatable bonds is 9. The van der Waals surface area contributed by atoms with E-state index >= 15 is 0 Å². The van der Waals surface area contributed by atoms with Gasteiger partial charge in [-0.15, -0.1) is 0 Å². The quantitative estimate of drug-likeness (QED) is 0.709. The third-order valence-electron chi connectivity index (χ3n) is 3.43. The molecule has 1 aromatic carbocycles. The number of Topliss-reactive ketones (excluding diaryl/α,β-unsaturated/α-hetero) is 1. The van der Waals surface area contributed by atoms with Crippen molar-refractivity contribution in [2.75, 3.05) is 13.2 Å². The predicted molar refractivity (Wildman–Crippen MR) is 93.9 cm³/mol. The summed E-state index contributed by atoms with van der Waals surface area (Å²) in [5, 5.41) is 2.75. The van der Waals surface area contributed by atoms with Crippen LogP contribution in [0.25, 0.3) is 0 Å². The van der Waals surface area contributed by atoms with Crippen LogP contribution in [0.2, 0.25) is 0 Å². The fourth-order valence-corrected chi connectivity index (χ4v) is 2.09. The van der Waals surface area contributed by atoms with Gasteiger partial charge in [0.1, 0.15) is 17.6 Å². The topological polar surface area (TPSA) is 77.5 Å². The zero-order valence-electron chi connectivity index (χ0n) is 14.4. The first-order valence-corrected chi connectivity index (χ1v) is 8.18. The van der Waals surface area contributed by atoms with E-state index in [0.717, 1.165) is 0 Å². The van der Waals surface area contributed by atoms with Crippen LogP contribution >= 0.6 is 0 Å². The molecule has 25 heavy (non-hydrogen) atoms. The number of carbonyl (C=O) groups is 2. The van der Waals surface area contributed by atoms with Crippen molar-refractivity contribution >= 4 is 11.7 Å². The Labute approximate surface area is 147 Å². The molecule has 0 spiro atoms. The summed E-state index contributed by atoms with van der Waals surface area (Å²) in [7, 11) is 0. The minimum Gasteiger partial charge on any atom is -0.487 e. The molecule has 0 saturated heterocycles. The van der Waals surface area contributed by atoms with Crippen LogP contribution in [0.3, 0.4) is 0 Å². The van der Waals surface area contributed by atoms with Crippen molar-refractivity contribution in [3.8, 4) is 11.5 Å². The average molecular weight is 342 g/mol. The molecule has 0 fully saturated rings. The average Bonchev–Trinajstić information content (AvgIpc) is 2.65. The minimum atomic E-state index is -0.240. The van der Waals surface area contributed by atoms with E-state index in [1.807, 2.05) is 13.8 Å². The van der Waals surface area contributed by atoms with E-state index in [9.17, 15) is 9.59 Å². The summed E-state index contributed by atoms with van der Waals surface area (Å²) in [5.74, 6) is 1.03. The lowest BCUT2D eigenvalue weighted by Gasteiger charge is -2.15. The molecule has 1 heterocycles. The number of nitrogens with zero attached hydrogens (tertiary/aromatic N) is 1. The number of nitrogens with one attached hydrogen (secondary N) is 1. The van der Waals surface area contributed by atoms with Gasteiger partial charge in [-0.05, 0) is 43.3 Å². The number of amides is 1. The van der Waals surface area contributed by atoms with Crippen LogP contribution in [0.5, 0.6) is 11.5 Å². The maximum atomic E-state index is 11.8. The van der Waals surface area contributed by atoms with Crippen LogP contribution in [-0.4, -0.2) is 35.9 Å². The zero-order valence-corrected chi connectivity index (χ0v) is 14.4. The molecule has 0 aliphatic rings. The lowest BCUT2D eigenvalue weighted by molar-refractivity contribution is -0.123. The highest BCUT2D eigenvalue weighted by molar-refractivity contribution is 5.95. The lowest BCUT2D eigenvalue weighted by atomic mass is 10.1. The number of aromatic nitrogens is 1. The SMILES string of the molecule is CCC(=O)c1ccc(OCC(=O)NCC(C)Oc2cccnc2)cc1. The first kappa shape index (κ1) is 18.4. The molecule has 1 aromatic heterocycles. The summed E-state index contributed by atoms with van der Waals surface area (Å²) < 4.78 is 11.0. The minimum absolute atomic E-state index is 0.0758. The Morgan fingerprint density at radius 2 is 1.92 bits per heavy atom. The van der Waals surface area contributed by atoms with Gasteiger partial charge in [0.2, 0.25) is 0 Å². The number of pyridine rings is 1. The van der Waals surface area contributed by atoms with Crippen LogP contribution in [0.4, 0.5) is 0 Å². The van der Waals surface area contributed by atoms with Crippen molar-refractivity contribution in [2.45, 2.75) is 26.4 Å². The number of hydrogen-bond donors (Lipinski definition) is 1. The molecule has 1 unspecified atom stereocenters. The van der Waals surface area contributed by atoms with Crippen molar-refractivity contribution in [2.24, 2.45) is 0 Å². The van der Waals surface area contributed by atoms with Crippen LogP contribution in [-0.2, 0) is 4.79 Å². The van der Waals surface area contributed by atoms with Gasteiger partial charge >= 0.3 is 0 Å². The molecule has 0 aliphatic heterocycles. The molecule has 1 atom stereocenters. The van der Waals surface area contributed by atoms with E-state index in [1.165, 1.54) is 0 Å². The van der Waals surface area contributed by atoms with Gasteiger partial charge in [-0.3, -0.25) is 14.6 Å². The van der Waals surface area contributed by atoms with Crippen LogP contribution < -0.4 is 14.8 Å². The van der Waals surface area contributed by atoms with Crippen molar-refractivity contribution in [3.05, 3.63) is 54.4 Å². The maximum absolute atomic E-state index is 11.8. The van der Waals surface area contributed by atoms with E-state index < -0.39 is 0 Å². The van der Waals surface area contributed by atoms with E-state index in [4.69, 9.17) is 9.47 Å². The Bertz CT molecular complexity index is 686. The van der Waals surface area contributed by atoms with Crippen molar-refractivity contribution in [1.82, 2.24) is 10.3 Å². The Morgan fingerprint density at radius 3 is 2.56 bits per heavy atom. The first-order valence-electron chi connectivity index (χ1n) is 8.18. The molecule has 0 bridgehead atoms. The van der Waals surface area contributed by atoms with Crippen LogP contribution in [0.1, 0.15) is 30.6 Å². The molecule has 6 nitrogen and oxygen atoms in total. The van der Waals surface area contributed by atoms with Crippen LogP contribution in [0.15, 0.2) is 48.8 Å². The standard InChI is InChI=1S/C19H22N2O4/c1-3-18(22)15-6-8-16(9-7-15)24-13-19(23)21-11-14(2)25-17-5-4-10-20-12-17/h4-10,12,14H,3,11,13H2,1-2H3,(H,21,23). The highest BCUT2D eigenvalue weighted by atomic mass is 16.5. The number of benzene rings is 1. The Morgan fingerprint density at radius 1 is 1.16 bits per heavy atom. The van der Waals surface area contributed by atoms with Gasteiger partial charge in [0, 0.05) is 18.2 Å². The number of ether oxygens (including phenoxy) is 2. The van der Waals surface area contributed by atoms with Gasteiger partial charge < -0.3 is 14.8 Å². The van der Waals surface area contributed by atoms with Gasteiger partial charge in [0.15, 0.2) is 12.4 Å². The number of hydrogen-bond acceptors (Lipinski definition) is 5. The molecule has 2 aromatic rings. The normalized spacial score (nSPS) is 11.4. The maximum Gasteiger partial charge on any atom is 0.258 e. The monoisotopic (exact) mass is 342 g/mol. The van der Waals surface area contributed by atoms with Crippen LogP contribution in [0, 0.1) is 0 Å². The molecule has 1 N–H and O–H groups in total. The van der Waals surface area contributed by atoms with Crippen molar-refractivity contribution in [3.63, 3.8) is 0 Å². The molecule has 132 valence electrons. The predicted octanol–water partition coefficient (Wildman–Crippen LogP) is 2.64. The van der Waals surface area contributed by atoms with E-state index in [2.05, 4.69) is 10.3 Å². The summed E-state index contributed by atoms with van der Waals surface area (Å²) in [6.45, 7) is 3.94. The Balaban J connectivity index is 1.70. The second kappa shape index (κ2) is 9.42. The summed E-state index contributed by atoms with van der Waals surface area (Å²) in [5.41, 5.74) is 0.640. The van der Waals surface area contributed by atoms with Crippen molar-refractivity contribution in [1.29, 1.82) is 0 Å². The third kappa shape index (κ3) is 6.25. The summed E-state index contributed by atoms with van der Waals surface area (Å²) >= 11 is 0. The fourth-order valence-electron chi connectivity index (χ4n) is 2.09. The van der Waals surface area contributed by atoms with Gasteiger partial charge in [0.05, 0.1) is 12.7 Å². The second-order valence-corrected chi connectivity index (χ2v) is 5.51. The molecular weight excluding hydrogens is 320 g/mol. The third-order valence-corrected chi connectivity index (χ3v) is 3.43. The summed E-state index contributed by atoms with van der Waals surface area (Å²) in [4.78, 5) is 27.4. The molecular formula is C19H22N2O4. The van der Waals surface area contributed by atoms with Crippen molar-refractivity contribution < 1.29 is 19.1 Å². The highest BCUT2D eigenvalue weighted by Gasteiger charge is 2.08. The number of carbonyl (C=O) groups excluding carboxylic acids is 2. The fraction of sp³-hybridized carbons (Fsp3) is 0.316. The molecule has 0 aliphatic carbocycles. The van der Waals surface area contributed by atoms with Gasteiger partial charge in [-0.2, -0.15) is 0 Å². The van der Waals surface area contributed by atoms with E-state index in [-0.39, 0.29) is 24.4 Å². The van der Waals surface area contributed by atoms with E-state index in [0.29, 0.717) is 30.0 Å². The molecule has 6 heteroatoms. The number of ketones is 1. The van der Waals surface area contributed by atoms with Gasteiger partial charge in [0.25, 0.3) is 5.91 Å². The lowest BCUT2D eigenvalue weighted by Crippen LogP contribution is -2.36. The van der Waals surface area contributed by atoms with Gasteiger partial charge in [-0.25, -0.2) is 0 Å². The Hall–Kier alpha value is -2.89. The highest BCUT2D eigenvalue weighted by Crippen LogP contribution is 2.13. The molecule has 2 rings (SSSR count). The second-order valence-electron chi connectivity index (χ2n) is 5.51. The van der Waals surface area contributed by atoms with Gasteiger partial charge in [-0.1, -0.05) is 6.92 Å². The first-order chi connectivity index (χ1) is 12.1. The van der Waals surface area contributed by atoms with E-state index in [1.54, 1.807) is 48.8 Å². The zero-order chi connectivity index (χ0) is 18.1. The largest absolute Gasteiger partial charge is 0.487 e.